The van der Waals surface area contributed by atoms with Crippen LogP contribution < -0.4 is 0 Å². The van der Waals surface area contributed by atoms with E-state index >= 15 is 0 Å². The summed E-state index contributed by atoms with van der Waals surface area (Å²) in [7, 11) is 0. The van der Waals surface area contributed by atoms with Crippen molar-refractivity contribution in [2.24, 2.45) is 0 Å². The van der Waals surface area contributed by atoms with Gasteiger partial charge in [-0.1, -0.05) is 256 Å². The largest absolute Gasteiger partial charge is 0.479 e. The molecule has 1 fully saturated rings. The van der Waals surface area contributed by atoms with Crippen molar-refractivity contribution < 1.29 is 58.2 Å². The van der Waals surface area contributed by atoms with Crippen LogP contribution in [0.5, 0.6) is 0 Å². The van der Waals surface area contributed by atoms with Gasteiger partial charge in [0.15, 0.2) is 24.6 Å². The molecular weight excluding hydrogens is 997 g/mol. The minimum Gasteiger partial charge on any atom is -0.479 e. The molecule has 0 aromatic carbocycles. The van der Waals surface area contributed by atoms with Crippen molar-refractivity contribution >= 4 is 23.9 Å². The Morgan fingerprint density at radius 3 is 1.18 bits per heavy atom. The third-order valence-electron chi connectivity index (χ3n) is 15.2. The number of carbonyl (C=O) groups excluding carboxylic acids is 3. The first kappa shape index (κ1) is 74.0. The number of carboxylic acid groups (broad SMARTS) is 1. The van der Waals surface area contributed by atoms with Crippen molar-refractivity contribution in [2.75, 3.05) is 13.2 Å². The van der Waals surface area contributed by atoms with Gasteiger partial charge in [-0.3, -0.25) is 14.4 Å². The molecule has 0 aromatic rings. The Hall–Kier alpha value is -3.06. The number of aliphatic carboxylic acids is 1. The molecule has 3 N–H and O–H groups in total. The number of hydrogen-bond donors (Lipinski definition) is 3. The van der Waals surface area contributed by atoms with Crippen LogP contribution in [-0.4, -0.2) is 89.2 Å². The predicted octanol–water partition coefficient (Wildman–Crippen LogP) is 17.6. The van der Waals surface area contributed by atoms with E-state index in [2.05, 4.69) is 57.2 Å². The molecule has 0 saturated carbocycles. The summed E-state index contributed by atoms with van der Waals surface area (Å²) in [6, 6.07) is 0. The molecular formula is C67H120O12. The Morgan fingerprint density at radius 1 is 0.418 bits per heavy atom. The molecule has 0 bridgehead atoms. The SMILES string of the molecule is CCCCC/C=C\C/C=C\CCCCCCCCCCCC(=O)OCC(COC1OC(C(=O)O)C(O)C(O)C1OC(=O)CCCCCCCCCCCCCCCCC)OC(=O)CCCCCCC/C=C\CCCCCCCC. The van der Waals surface area contributed by atoms with Crippen LogP contribution >= 0.6 is 0 Å². The third-order valence-corrected chi connectivity index (χ3v) is 15.2. The molecule has 6 atom stereocenters. The van der Waals surface area contributed by atoms with Crippen LogP contribution in [0, 0.1) is 0 Å². The second kappa shape index (κ2) is 55.5. The lowest BCUT2D eigenvalue weighted by atomic mass is 9.98. The lowest BCUT2D eigenvalue weighted by molar-refractivity contribution is -0.301. The van der Waals surface area contributed by atoms with E-state index < -0.39 is 67.3 Å². The zero-order chi connectivity index (χ0) is 57.5. The molecule has 0 aromatic heterocycles. The summed E-state index contributed by atoms with van der Waals surface area (Å²) in [5, 5.41) is 31.6. The molecule has 1 aliphatic heterocycles. The molecule has 79 heavy (non-hydrogen) atoms. The van der Waals surface area contributed by atoms with E-state index in [0.29, 0.717) is 19.3 Å². The number of aliphatic hydroxyl groups excluding tert-OH is 2. The Balaban J connectivity index is 2.64. The number of unbranched alkanes of at least 4 members (excludes halogenated alkanes) is 37. The summed E-state index contributed by atoms with van der Waals surface area (Å²) in [6.07, 6.45) is 53.8. The highest BCUT2D eigenvalue weighted by Crippen LogP contribution is 2.27. The van der Waals surface area contributed by atoms with E-state index in [1.807, 2.05) is 0 Å². The Labute approximate surface area is 482 Å². The van der Waals surface area contributed by atoms with Crippen LogP contribution in [-0.2, 0) is 42.9 Å². The van der Waals surface area contributed by atoms with Crippen molar-refractivity contribution in [1.82, 2.24) is 0 Å². The predicted molar refractivity (Wildman–Crippen MR) is 322 cm³/mol. The zero-order valence-electron chi connectivity index (χ0n) is 50.9. The number of hydrogen-bond acceptors (Lipinski definition) is 11. The van der Waals surface area contributed by atoms with Gasteiger partial charge in [-0.05, 0) is 77.0 Å². The van der Waals surface area contributed by atoms with Gasteiger partial charge in [-0.2, -0.15) is 0 Å². The number of ether oxygens (including phenoxy) is 5. The fourth-order valence-corrected chi connectivity index (χ4v) is 10.1. The van der Waals surface area contributed by atoms with Crippen molar-refractivity contribution in [1.29, 1.82) is 0 Å². The molecule has 1 heterocycles. The number of carbonyl (C=O) groups is 4. The van der Waals surface area contributed by atoms with E-state index in [1.54, 1.807) is 0 Å². The van der Waals surface area contributed by atoms with Crippen LogP contribution in [0.15, 0.2) is 36.5 Å². The van der Waals surface area contributed by atoms with Crippen LogP contribution in [0.2, 0.25) is 0 Å². The molecule has 1 aliphatic rings. The molecule has 0 radical (unpaired) electrons. The average molecular weight is 1120 g/mol. The maximum Gasteiger partial charge on any atom is 0.335 e. The first-order valence-corrected chi connectivity index (χ1v) is 33.0. The lowest BCUT2D eigenvalue weighted by Crippen LogP contribution is -2.61. The van der Waals surface area contributed by atoms with Gasteiger partial charge in [0.2, 0.25) is 0 Å². The monoisotopic (exact) mass is 1120 g/mol. The van der Waals surface area contributed by atoms with Crippen molar-refractivity contribution in [2.45, 2.75) is 353 Å². The zero-order valence-corrected chi connectivity index (χ0v) is 50.9. The highest BCUT2D eigenvalue weighted by Gasteiger charge is 2.50. The number of esters is 3. The van der Waals surface area contributed by atoms with Crippen LogP contribution in [0.25, 0.3) is 0 Å². The van der Waals surface area contributed by atoms with Crippen molar-refractivity contribution in [3.63, 3.8) is 0 Å². The number of aliphatic hydroxyl groups is 2. The quantitative estimate of drug-likeness (QED) is 0.0228. The third kappa shape index (κ3) is 45.2. The van der Waals surface area contributed by atoms with E-state index in [-0.39, 0.29) is 25.9 Å². The summed E-state index contributed by atoms with van der Waals surface area (Å²) >= 11 is 0. The van der Waals surface area contributed by atoms with Gasteiger partial charge < -0.3 is 39.0 Å². The maximum atomic E-state index is 13.2. The van der Waals surface area contributed by atoms with Crippen LogP contribution in [0.3, 0.4) is 0 Å². The second-order valence-corrected chi connectivity index (χ2v) is 22.8. The standard InChI is InChI=1S/C67H120O12/c1-4-7-10-13-16-19-22-25-28-29-30-31-34-35-38-41-44-47-50-53-59(68)75-56-58(77-60(69)54-51-48-45-42-39-36-32-26-23-20-17-14-11-8-5-2)57-76-67-65(63(72)62(71)64(79-67)66(73)74)78-61(70)55-52-49-46-43-40-37-33-27-24-21-18-15-12-9-6-3/h16,19,25-26,28,32,58,62-65,67,71-72H,4-15,17-18,20-24,27,29-31,33-57H2,1-3H3,(H,73,74)/b19-16-,28-25-,32-26-. The molecule has 12 heteroatoms. The summed E-state index contributed by atoms with van der Waals surface area (Å²) in [4.78, 5) is 51.3. The molecule has 12 nitrogen and oxygen atoms in total. The first-order valence-electron chi connectivity index (χ1n) is 33.0. The van der Waals surface area contributed by atoms with Gasteiger partial charge in [0.25, 0.3) is 0 Å². The number of rotatable bonds is 57. The molecule has 0 amide bonds. The van der Waals surface area contributed by atoms with Crippen molar-refractivity contribution in [3.8, 4) is 0 Å². The maximum absolute atomic E-state index is 13.2. The van der Waals surface area contributed by atoms with E-state index in [4.69, 9.17) is 23.7 Å². The van der Waals surface area contributed by atoms with E-state index in [0.717, 1.165) is 89.9 Å². The Bertz CT molecular complexity index is 1510. The average Bonchev–Trinajstić information content (AvgIpc) is 3.46. The van der Waals surface area contributed by atoms with Gasteiger partial charge in [0, 0.05) is 19.3 Å². The lowest BCUT2D eigenvalue weighted by Gasteiger charge is -2.40. The van der Waals surface area contributed by atoms with E-state index in [9.17, 15) is 34.5 Å². The van der Waals surface area contributed by atoms with Crippen LogP contribution in [0.1, 0.15) is 316 Å². The first-order chi connectivity index (χ1) is 38.6. The Morgan fingerprint density at radius 2 is 0.759 bits per heavy atom. The van der Waals surface area contributed by atoms with Gasteiger partial charge in [-0.25, -0.2) is 4.79 Å². The fourth-order valence-electron chi connectivity index (χ4n) is 10.1. The van der Waals surface area contributed by atoms with Crippen molar-refractivity contribution in [3.05, 3.63) is 36.5 Å². The fraction of sp³-hybridized carbons (Fsp3) is 0.851. The van der Waals surface area contributed by atoms with Gasteiger partial charge in [0.05, 0.1) is 6.61 Å². The Kier molecular flexibility index (Phi) is 51.9. The molecule has 460 valence electrons. The van der Waals surface area contributed by atoms with Gasteiger partial charge in [-0.15, -0.1) is 0 Å². The normalized spacial score (nSPS) is 18.0. The molecule has 1 rings (SSSR count). The topological polar surface area (TPSA) is 175 Å². The second-order valence-electron chi connectivity index (χ2n) is 22.8. The molecule has 6 unspecified atom stereocenters. The minimum absolute atomic E-state index is 0.0649. The summed E-state index contributed by atoms with van der Waals surface area (Å²) < 4.78 is 28.5. The molecule has 1 saturated heterocycles. The molecule has 0 aliphatic carbocycles. The molecule has 0 spiro atoms. The smallest absolute Gasteiger partial charge is 0.335 e. The number of carboxylic acids is 1. The van der Waals surface area contributed by atoms with Crippen LogP contribution in [0.4, 0.5) is 0 Å². The highest BCUT2D eigenvalue weighted by molar-refractivity contribution is 5.74. The van der Waals surface area contributed by atoms with Gasteiger partial charge >= 0.3 is 23.9 Å². The van der Waals surface area contributed by atoms with Gasteiger partial charge in [0.1, 0.15) is 18.8 Å². The highest BCUT2D eigenvalue weighted by atomic mass is 16.7. The minimum atomic E-state index is -1.90. The van der Waals surface area contributed by atoms with E-state index in [1.165, 1.54) is 167 Å². The summed E-state index contributed by atoms with van der Waals surface area (Å²) in [5.41, 5.74) is 0. The number of allylic oxidation sites excluding steroid dienone is 6. The summed E-state index contributed by atoms with van der Waals surface area (Å²) in [6.45, 7) is 6.00. The summed E-state index contributed by atoms with van der Waals surface area (Å²) in [5.74, 6) is -3.10.